The van der Waals surface area contributed by atoms with E-state index in [1.807, 2.05) is 0 Å². The Hall–Kier alpha value is -0.790. The third-order valence-corrected chi connectivity index (χ3v) is 3.31. The van der Waals surface area contributed by atoms with Gasteiger partial charge in [-0.3, -0.25) is 4.98 Å². The number of esters is 1. The summed E-state index contributed by atoms with van der Waals surface area (Å²) in [5, 5.41) is 0. The Morgan fingerprint density at radius 3 is 2.75 bits per heavy atom. The number of ether oxygens (including phenoxy) is 1. The van der Waals surface area contributed by atoms with Crippen molar-refractivity contribution in [2.75, 3.05) is 6.61 Å². The molecule has 16 heavy (non-hydrogen) atoms. The second kappa shape index (κ2) is 5.51. The predicted molar refractivity (Wildman–Crippen MR) is 62.6 cm³/mol. The maximum absolute atomic E-state index is 12.8. The molecule has 1 rings (SSSR count). The van der Waals surface area contributed by atoms with E-state index in [1.165, 1.54) is 0 Å². The van der Waals surface area contributed by atoms with Crippen molar-refractivity contribution in [2.45, 2.75) is 20.3 Å². The summed E-state index contributed by atoms with van der Waals surface area (Å²) in [6.45, 7) is 3.38. The highest BCUT2D eigenvalue weighted by molar-refractivity contribution is 14.1. The van der Waals surface area contributed by atoms with Gasteiger partial charge in [-0.05, 0) is 36.4 Å². The highest BCUT2D eigenvalue weighted by Crippen LogP contribution is 2.29. The van der Waals surface area contributed by atoms with Gasteiger partial charge in [0.2, 0.25) is 0 Å². The van der Waals surface area contributed by atoms with Gasteiger partial charge < -0.3 is 4.74 Å². The first kappa shape index (κ1) is 13.3. The fourth-order valence-corrected chi connectivity index (χ4v) is 1.85. The van der Waals surface area contributed by atoms with E-state index in [4.69, 9.17) is 4.74 Å². The number of pyridine rings is 1. The zero-order chi connectivity index (χ0) is 12.3. The van der Waals surface area contributed by atoms with Crippen molar-refractivity contribution in [3.05, 3.63) is 26.6 Å². The molecule has 0 aliphatic heterocycles. The molecule has 0 fully saturated rings. The number of rotatable bonds is 3. The van der Waals surface area contributed by atoms with E-state index in [9.17, 15) is 13.6 Å². The fourth-order valence-electron chi connectivity index (χ4n) is 1.19. The minimum absolute atomic E-state index is 0.145. The minimum Gasteiger partial charge on any atom is -0.462 e. The quantitative estimate of drug-likeness (QED) is 0.627. The summed E-state index contributed by atoms with van der Waals surface area (Å²) in [7, 11) is 0. The lowest BCUT2D eigenvalue weighted by Gasteiger charge is -2.11. The molecule has 0 radical (unpaired) electrons. The van der Waals surface area contributed by atoms with Crippen LogP contribution in [0.3, 0.4) is 0 Å². The van der Waals surface area contributed by atoms with Gasteiger partial charge in [0.05, 0.1) is 17.9 Å². The molecule has 6 heteroatoms. The van der Waals surface area contributed by atoms with Crippen molar-refractivity contribution in [3.8, 4) is 0 Å². The third kappa shape index (κ3) is 2.66. The molecule has 1 heterocycles. The molecule has 0 aliphatic carbocycles. The Balaban J connectivity index is 3.28. The van der Waals surface area contributed by atoms with Crippen LogP contribution < -0.4 is 0 Å². The SMILES string of the molecule is CCOC(=O)c1cnc(C)c(I)c1C(F)F. The monoisotopic (exact) mass is 341 g/mol. The number of carbonyl (C=O) groups is 1. The molecule has 0 amide bonds. The highest BCUT2D eigenvalue weighted by Gasteiger charge is 2.24. The van der Waals surface area contributed by atoms with E-state index in [-0.39, 0.29) is 17.7 Å². The van der Waals surface area contributed by atoms with Gasteiger partial charge in [0.15, 0.2) is 0 Å². The van der Waals surface area contributed by atoms with Gasteiger partial charge in [0.25, 0.3) is 6.43 Å². The van der Waals surface area contributed by atoms with E-state index in [1.54, 1.807) is 36.4 Å². The third-order valence-electron chi connectivity index (χ3n) is 1.95. The standard InChI is InChI=1S/C10H10F2INO2/c1-3-16-10(15)6-4-14-5(2)8(13)7(6)9(11)12/h4,9H,3H2,1-2H3. The number of halogens is 3. The Morgan fingerprint density at radius 1 is 1.62 bits per heavy atom. The predicted octanol–water partition coefficient (Wildman–Crippen LogP) is 3.11. The molecule has 0 unspecified atom stereocenters. The summed E-state index contributed by atoms with van der Waals surface area (Å²) >= 11 is 1.76. The average Bonchev–Trinajstić information content (AvgIpc) is 2.21. The molecular weight excluding hydrogens is 331 g/mol. The van der Waals surface area contributed by atoms with Crippen LogP contribution in [0, 0.1) is 10.5 Å². The topological polar surface area (TPSA) is 39.2 Å². The van der Waals surface area contributed by atoms with Crippen LogP contribution in [0.5, 0.6) is 0 Å². The molecule has 0 N–H and O–H groups in total. The first-order valence-electron chi connectivity index (χ1n) is 4.59. The van der Waals surface area contributed by atoms with Crippen LogP contribution in [0.15, 0.2) is 6.20 Å². The average molecular weight is 341 g/mol. The molecule has 0 aliphatic rings. The number of aromatic nitrogens is 1. The van der Waals surface area contributed by atoms with Crippen molar-refractivity contribution in [3.63, 3.8) is 0 Å². The van der Waals surface area contributed by atoms with Crippen LogP contribution >= 0.6 is 22.6 Å². The Kier molecular flexibility index (Phi) is 4.57. The molecule has 1 aromatic rings. The maximum Gasteiger partial charge on any atom is 0.340 e. The van der Waals surface area contributed by atoms with Crippen LogP contribution in [0.2, 0.25) is 0 Å². The van der Waals surface area contributed by atoms with Crippen LogP contribution in [-0.2, 0) is 4.74 Å². The molecule has 88 valence electrons. The largest absolute Gasteiger partial charge is 0.462 e. The van der Waals surface area contributed by atoms with Crippen molar-refractivity contribution in [2.24, 2.45) is 0 Å². The normalized spacial score (nSPS) is 10.6. The van der Waals surface area contributed by atoms with Crippen LogP contribution in [-0.4, -0.2) is 17.6 Å². The summed E-state index contributed by atoms with van der Waals surface area (Å²) < 4.78 is 30.7. The lowest BCUT2D eigenvalue weighted by molar-refractivity contribution is 0.0514. The second-order valence-electron chi connectivity index (χ2n) is 3.01. The molecular formula is C10H10F2INO2. The van der Waals surface area contributed by atoms with Crippen LogP contribution in [0.1, 0.15) is 35.0 Å². The number of hydrogen-bond donors (Lipinski definition) is 0. The summed E-state index contributed by atoms with van der Waals surface area (Å²) in [5.41, 5.74) is 0.0161. The van der Waals surface area contributed by atoms with Crippen molar-refractivity contribution in [1.82, 2.24) is 4.98 Å². The summed E-state index contributed by atoms with van der Waals surface area (Å²) in [6, 6.07) is 0. The lowest BCUT2D eigenvalue weighted by Crippen LogP contribution is -2.11. The molecule has 0 spiro atoms. The zero-order valence-corrected chi connectivity index (χ0v) is 10.9. The van der Waals surface area contributed by atoms with E-state index >= 15 is 0 Å². The van der Waals surface area contributed by atoms with Gasteiger partial charge in [0.1, 0.15) is 0 Å². The maximum atomic E-state index is 12.8. The van der Waals surface area contributed by atoms with Gasteiger partial charge in [0, 0.05) is 15.3 Å². The molecule has 1 aromatic heterocycles. The summed E-state index contributed by atoms with van der Waals surface area (Å²) in [5.74, 6) is -0.761. The lowest BCUT2D eigenvalue weighted by atomic mass is 10.1. The smallest absolute Gasteiger partial charge is 0.340 e. The van der Waals surface area contributed by atoms with E-state index in [0.717, 1.165) is 6.20 Å². The highest BCUT2D eigenvalue weighted by atomic mass is 127. The first-order chi connectivity index (χ1) is 7.49. The van der Waals surface area contributed by atoms with Gasteiger partial charge in [-0.2, -0.15) is 0 Å². The molecule has 3 nitrogen and oxygen atoms in total. The number of alkyl halides is 2. The summed E-state index contributed by atoms with van der Waals surface area (Å²) in [6.07, 6.45) is -1.58. The Bertz CT molecular complexity index is 410. The number of hydrogen-bond acceptors (Lipinski definition) is 3. The Morgan fingerprint density at radius 2 is 2.25 bits per heavy atom. The van der Waals surface area contributed by atoms with Gasteiger partial charge in [-0.1, -0.05) is 0 Å². The van der Waals surface area contributed by atoms with Crippen molar-refractivity contribution >= 4 is 28.6 Å². The number of nitrogens with zero attached hydrogens (tertiary/aromatic N) is 1. The van der Waals surface area contributed by atoms with E-state index in [2.05, 4.69) is 4.98 Å². The molecule has 0 atom stereocenters. The van der Waals surface area contributed by atoms with Crippen molar-refractivity contribution < 1.29 is 18.3 Å². The first-order valence-corrected chi connectivity index (χ1v) is 5.67. The van der Waals surface area contributed by atoms with Gasteiger partial charge >= 0.3 is 5.97 Å². The number of aryl methyl sites for hydroxylation is 1. The Labute approximate surface area is 105 Å². The minimum atomic E-state index is -2.71. The fraction of sp³-hybridized carbons (Fsp3) is 0.400. The van der Waals surface area contributed by atoms with Crippen LogP contribution in [0.25, 0.3) is 0 Å². The molecule has 0 saturated carbocycles. The van der Waals surface area contributed by atoms with Gasteiger partial charge in [-0.15, -0.1) is 0 Å². The van der Waals surface area contributed by atoms with E-state index < -0.39 is 12.4 Å². The number of carbonyl (C=O) groups excluding carboxylic acids is 1. The molecule has 0 bridgehead atoms. The second-order valence-corrected chi connectivity index (χ2v) is 4.08. The summed E-state index contributed by atoms with van der Waals surface area (Å²) in [4.78, 5) is 15.3. The zero-order valence-electron chi connectivity index (χ0n) is 8.76. The van der Waals surface area contributed by atoms with Crippen LogP contribution in [0.4, 0.5) is 8.78 Å². The van der Waals surface area contributed by atoms with Gasteiger partial charge in [-0.25, -0.2) is 13.6 Å². The van der Waals surface area contributed by atoms with Crippen molar-refractivity contribution in [1.29, 1.82) is 0 Å². The molecule has 0 saturated heterocycles. The molecule has 0 aromatic carbocycles. The van der Waals surface area contributed by atoms with E-state index in [0.29, 0.717) is 9.26 Å².